The highest BCUT2D eigenvalue weighted by Gasteiger charge is 2.25. The number of hydrogen-bond donors (Lipinski definition) is 0. The molecule has 2 heterocycles. The minimum absolute atomic E-state index is 0.0846. The van der Waals surface area contributed by atoms with Crippen molar-refractivity contribution < 1.29 is 4.79 Å². The van der Waals surface area contributed by atoms with E-state index in [4.69, 9.17) is 11.6 Å². The molecule has 1 aliphatic rings. The average molecular weight is 321 g/mol. The molecule has 3 nitrogen and oxygen atoms in total. The second kappa shape index (κ2) is 6.58. The fraction of sp³-hybridized carbons (Fsp3) is 0.375. The predicted octanol–water partition coefficient (Wildman–Crippen LogP) is 3.89. The van der Waals surface area contributed by atoms with Gasteiger partial charge in [0.1, 0.15) is 0 Å². The molecule has 0 radical (unpaired) electrons. The molecule has 0 N–H and O–H groups in total. The van der Waals surface area contributed by atoms with Crippen LogP contribution in [-0.2, 0) is 6.42 Å². The normalized spacial score (nSPS) is 18.7. The highest BCUT2D eigenvalue weighted by atomic mass is 35.5. The molecule has 0 bridgehead atoms. The van der Waals surface area contributed by atoms with Crippen LogP contribution in [0.25, 0.3) is 0 Å². The van der Waals surface area contributed by atoms with Crippen molar-refractivity contribution in [1.82, 2.24) is 9.88 Å². The fourth-order valence-electron chi connectivity index (χ4n) is 2.82. The Morgan fingerprint density at radius 3 is 3.14 bits per heavy atom. The number of thiazole rings is 1. The number of halogens is 1. The van der Waals surface area contributed by atoms with Crippen LogP contribution >= 0.6 is 22.9 Å². The monoisotopic (exact) mass is 320 g/mol. The van der Waals surface area contributed by atoms with Crippen LogP contribution < -0.4 is 0 Å². The summed E-state index contributed by atoms with van der Waals surface area (Å²) < 4.78 is 0. The van der Waals surface area contributed by atoms with Crippen LogP contribution in [-0.4, -0.2) is 28.9 Å². The van der Waals surface area contributed by atoms with Crippen molar-refractivity contribution in [2.24, 2.45) is 5.92 Å². The summed E-state index contributed by atoms with van der Waals surface area (Å²) in [6.07, 6.45) is 5.04. The number of likely N-dealkylation sites (tertiary alicyclic amines) is 1. The SMILES string of the molecule is O=C(c1cccc(Cl)c1)N1CCCC(Cc2nccs2)C1. The van der Waals surface area contributed by atoms with Gasteiger partial charge in [0.2, 0.25) is 0 Å². The third kappa shape index (κ3) is 3.63. The lowest BCUT2D eigenvalue weighted by Gasteiger charge is -2.32. The van der Waals surface area contributed by atoms with Crippen molar-refractivity contribution >= 4 is 28.8 Å². The first kappa shape index (κ1) is 14.5. The van der Waals surface area contributed by atoms with E-state index in [1.807, 2.05) is 28.6 Å². The topological polar surface area (TPSA) is 33.2 Å². The van der Waals surface area contributed by atoms with Crippen molar-refractivity contribution in [2.75, 3.05) is 13.1 Å². The Kier molecular flexibility index (Phi) is 4.56. The van der Waals surface area contributed by atoms with E-state index in [1.165, 1.54) is 6.42 Å². The van der Waals surface area contributed by atoms with Gasteiger partial charge in [-0.15, -0.1) is 11.3 Å². The van der Waals surface area contributed by atoms with Crippen LogP contribution in [0, 0.1) is 5.92 Å². The van der Waals surface area contributed by atoms with Crippen molar-refractivity contribution in [3.05, 3.63) is 51.4 Å². The summed E-state index contributed by atoms with van der Waals surface area (Å²) in [4.78, 5) is 18.9. The van der Waals surface area contributed by atoms with Crippen LogP contribution in [0.4, 0.5) is 0 Å². The third-order valence-electron chi connectivity index (χ3n) is 3.82. The standard InChI is InChI=1S/C16H17ClN2OS/c17-14-5-1-4-13(10-14)16(20)19-7-2-3-12(11-19)9-15-18-6-8-21-15/h1,4-6,8,10,12H,2-3,7,9,11H2. The quantitative estimate of drug-likeness (QED) is 0.859. The van der Waals surface area contributed by atoms with Gasteiger partial charge in [-0.05, 0) is 37.0 Å². The Morgan fingerprint density at radius 1 is 1.48 bits per heavy atom. The lowest BCUT2D eigenvalue weighted by molar-refractivity contribution is 0.0673. The van der Waals surface area contributed by atoms with Crippen LogP contribution in [0.2, 0.25) is 5.02 Å². The van der Waals surface area contributed by atoms with Crippen LogP contribution in [0.3, 0.4) is 0 Å². The zero-order valence-electron chi connectivity index (χ0n) is 11.7. The minimum Gasteiger partial charge on any atom is -0.338 e. The molecule has 0 aliphatic carbocycles. The van der Waals surface area contributed by atoms with Crippen molar-refractivity contribution in [3.63, 3.8) is 0 Å². The Morgan fingerprint density at radius 2 is 2.38 bits per heavy atom. The van der Waals surface area contributed by atoms with Crippen molar-refractivity contribution in [1.29, 1.82) is 0 Å². The van der Waals surface area contributed by atoms with Gasteiger partial charge in [-0.3, -0.25) is 4.79 Å². The molecule has 2 aromatic rings. The van der Waals surface area contributed by atoms with Crippen molar-refractivity contribution in [3.8, 4) is 0 Å². The van der Waals surface area contributed by atoms with Gasteiger partial charge in [-0.1, -0.05) is 17.7 Å². The number of hydrogen-bond acceptors (Lipinski definition) is 3. The molecule has 5 heteroatoms. The van der Waals surface area contributed by atoms with E-state index in [9.17, 15) is 4.79 Å². The molecule has 1 aromatic heterocycles. The Bertz CT molecular complexity index is 614. The first-order chi connectivity index (χ1) is 10.2. The van der Waals surface area contributed by atoms with E-state index in [0.29, 0.717) is 16.5 Å². The van der Waals surface area contributed by atoms with Crippen LogP contribution in [0.1, 0.15) is 28.2 Å². The number of aromatic nitrogens is 1. The molecule has 21 heavy (non-hydrogen) atoms. The molecule has 1 saturated heterocycles. The van der Waals surface area contributed by atoms with Gasteiger partial charge >= 0.3 is 0 Å². The Hall–Kier alpha value is -1.39. The van der Waals surface area contributed by atoms with Gasteiger partial charge < -0.3 is 4.90 Å². The molecule has 3 rings (SSSR count). The maximum atomic E-state index is 12.6. The highest BCUT2D eigenvalue weighted by molar-refractivity contribution is 7.09. The number of amides is 1. The second-order valence-electron chi connectivity index (χ2n) is 5.40. The van der Waals surface area contributed by atoms with E-state index in [0.717, 1.165) is 30.9 Å². The summed E-state index contributed by atoms with van der Waals surface area (Å²) in [6.45, 7) is 1.64. The molecule has 1 unspecified atom stereocenters. The number of benzene rings is 1. The van der Waals surface area contributed by atoms with E-state index < -0.39 is 0 Å². The van der Waals surface area contributed by atoms with E-state index in [1.54, 1.807) is 23.5 Å². The minimum atomic E-state index is 0.0846. The number of carbonyl (C=O) groups is 1. The van der Waals surface area contributed by atoms with E-state index in [2.05, 4.69) is 4.98 Å². The van der Waals surface area contributed by atoms with Crippen molar-refractivity contribution in [2.45, 2.75) is 19.3 Å². The number of carbonyl (C=O) groups excluding carboxylic acids is 1. The summed E-state index contributed by atoms with van der Waals surface area (Å²) >= 11 is 7.67. The number of nitrogens with zero attached hydrogens (tertiary/aromatic N) is 2. The smallest absolute Gasteiger partial charge is 0.253 e. The number of rotatable bonds is 3. The number of piperidine rings is 1. The fourth-order valence-corrected chi connectivity index (χ4v) is 3.74. The molecule has 0 saturated carbocycles. The van der Waals surface area contributed by atoms with E-state index in [-0.39, 0.29) is 5.91 Å². The lowest BCUT2D eigenvalue weighted by atomic mass is 9.94. The molecule has 1 aromatic carbocycles. The summed E-state index contributed by atoms with van der Waals surface area (Å²) in [5.74, 6) is 0.592. The van der Waals surface area contributed by atoms with Crippen LogP contribution in [0.15, 0.2) is 35.8 Å². The maximum absolute atomic E-state index is 12.6. The second-order valence-corrected chi connectivity index (χ2v) is 6.82. The first-order valence-electron chi connectivity index (χ1n) is 7.15. The third-order valence-corrected chi connectivity index (χ3v) is 4.86. The Labute approximate surface area is 133 Å². The maximum Gasteiger partial charge on any atom is 0.253 e. The molecule has 0 spiro atoms. The molecular weight excluding hydrogens is 304 g/mol. The van der Waals surface area contributed by atoms with Gasteiger partial charge in [-0.2, -0.15) is 0 Å². The largest absolute Gasteiger partial charge is 0.338 e. The van der Waals surface area contributed by atoms with Gasteiger partial charge in [0.15, 0.2) is 0 Å². The lowest BCUT2D eigenvalue weighted by Crippen LogP contribution is -2.40. The first-order valence-corrected chi connectivity index (χ1v) is 8.41. The summed E-state index contributed by atoms with van der Waals surface area (Å²) in [5, 5.41) is 3.78. The molecule has 1 fully saturated rings. The Balaban J connectivity index is 1.66. The zero-order valence-corrected chi connectivity index (χ0v) is 13.2. The van der Waals surface area contributed by atoms with Gasteiger partial charge in [0.25, 0.3) is 5.91 Å². The average Bonchev–Trinajstić information content (AvgIpc) is 3.00. The molecule has 1 amide bonds. The molecular formula is C16H17ClN2OS. The van der Waals surface area contributed by atoms with Crippen LogP contribution in [0.5, 0.6) is 0 Å². The summed E-state index contributed by atoms with van der Waals surface area (Å²) in [5.41, 5.74) is 0.678. The van der Waals surface area contributed by atoms with E-state index >= 15 is 0 Å². The zero-order chi connectivity index (χ0) is 14.7. The van der Waals surface area contributed by atoms with Gasteiger partial charge in [-0.25, -0.2) is 4.98 Å². The predicted molar refractivity (Wildman–Crippen MR) is 85.9 cm³/mol. The molecule has 1 atom stereocenters. The summed E-state index contributed by atoms with van der Waals surface area (Å²) in [6, 6.07) is 7.19. The molecule has 110 valence electrons. The highest BCUT2D eigenvalue weighted by Crippen LogP contribution is 2.23. The molecule has 1 aliphatic heterocycles. The summed E-state index contributed by atoms with van der Waals surface area (Å²) in [7, 11) is 0. The van der Waals surface area contributed by atoms with Gasteiger partial charge in [0, 0.05) is 41.7 Å². The van der Waals surface area contributed by atoms with Gasteiger partial charge in [0.05, 0.1) is 5.01 Å².